The molecule has 1 fully saturated rings. The molecule has 1 aromatic carbocycles. The average Bonchev–Trinajstić information content (AvgIpc) is 2.41. The van der Waals surface area contributed by atoms with Gasteiger partial charge in [-0.2, -0.15) is 0 Å². The Morgan fingerprint density at radius 1 is 1.33 bits per heavy atom. The number of nitrogens with one attached hydrogen (secondary N) is 1. The molecule has 2 nitrogen and oxygen atoms in total. The third kappa shape index (κ3) is 2.95. The molecule has 0 aliphatic heterocycles. The molecule has 3 atom stereocenters. The minimum atomic E-state index is -1.47. The summed E-state index contributed by atoms with van der Waals surface area (Å²) in [5.74, 6) is -1.12. The number of hydrogen-bond acceptors (Lipinski definition) is 2. The van der Waals surface area contributed by atoms with Crippen molar-refractivity contribution in [2.24, 2.45) is 0 Å². The fourth-order valence-electron chi connectivity index (χ4n) is 2.41. The Hall–Kier alpha value is -0.810. The van der Waals surface area contributed by atoms with E-state index in [1.165, 1.54) is 0 Å². The Morgan fingerprint density at radius 2 is 2.11 bits per heavy atom. The van der Waals surface area contributed by atoms with Gasteiger partial charge in [0.25, 0.3) is 0 Å². The Balaban J connectivity index is 2.17. The minimum Gasteiger partial charge on any atom is -0.317 e. The van der Waals surface area contributed by atoms with Crippen molar-refractivity contribution in [2.45, 2.75) is 41.9 Å². The summed E-state index contributed by atoms with van der Waals surface area (Å²) in [7, 11) is 0.405. The molecular formula is C13H17F2NOS. The highest BCUT2D eigenvalue weighted by Gasteiger charge is 2.27. The van der Waals surface area contributed by atoms with Gasteiger partial charge in [-0.25, -0.2) is 8.78 Å². The smallest absolute Gasteiger partial charge is 0.139 e. The average molecular weight is 273 g/mol. The highest BCUT2D eigenvalue weighted by atomic mass is 32.2. The van der Waals surface area contributed by atoms with E-state index < -0.39 is 22.4 Å². The molecule has 3 unspecified atom stereocenters. The summed E-state index contributed by atoms with van der Waals surface area (Å²) >= 11 is 0. The Morgan fingerprint density at radius 3 is 2.83 bits per heavy atom. The highest BCUT2D eigenvalue weighted by molar-refractivity contribution is 7.85. The van der Waals surface area contributed by atoms with Crippen molar-refractivity contribution in [3.8, 4) is 0 Å². The van der Waals surface area contributed by atoms with Crippen LogP contribution >= 0.6 is 0 Å². The van der Waals surface area contributed by atoms with Gasteiger partial charge in [-0.15, -0.1) is 0 Å². The molecule has 1 aromatic rings. The first-order chi connectivity index (χ1) is 8.61. The van der Waals surface area contributed by atoms with E-state index in [4.69, 9.17) is 0 Å². The molecule has 0 heterocycles. The van der Waals surface area contributed by atoms with Gasteiger partial charge in [0, 0.05) is 11.3 Å². The first-order valence-corrected chi connectivity index (χ1v) is 7.36. The van der Waals surface area contributed by atoms with Crippen LogP contribution in [0.5, 0.6) is 0 Å². The lowest BCUT2D eigenvalue weighted by molar-refractivity contribution is 0.397. The molecule has 0 radical (unpaired) electrons. The van der Waals surface area contributed by atoms with Crippen molar-refractivity contribution in [1.82, 2.24) is 5.32 Å². The van der Waals surface area contributed by atoms with Crippen LogP contribution in [0, 0.1) is 11.6 Å². The van der Waals surface area contributed by atoms with Crippen LogP contribution in [0.25, 0.3) is 0 Å². The maximum Gasteiger partial charge on any atom is 0.139 e. The van der Waals surface area contributed by atoms with Crippen LogP contribution in [0.3, 0.4) is 0 Å². The van der Waals surface area contributed by atoms with Gasteiger partial charge in [-0.1, -0.05) is 6.42 Å². The maximum absolute atomic E-state index is 13.6. The second-order valence-corrected chi connectivity index (χ2v) is 6.35. The molecule has 0 amide bonds. The topological polar surface area (TPSA) is 29.1 Å². The van der Waals surface area contributed by atoms with Gasteiger partial charge in [0.1, 0.15) is 11.6 Å². The fourth-order valence-corrected chi connectivity index (χ4v) is 4.05. The Kier molecular flexibility index (Phi) is 4.45. The van der Waals surface area contributed by atoms with Crippen LogP contribution in [-0.2, 0) is 10.8 Å². The highest BCUT2D eigenvalue weighted by Crippen LogP contribution is 2.27. The zero-order valence-electron chi connectivity index (χ0n) is 10.3. The van der Waals surface area contributed by atoms with E-state index in [9.17, 15) is 13.0 Å². The summed E-state index contributed by atoms with van der Waals surface area (Å²) < 4.78 is 39.0. The van der Waals surface area contributed by atoms with Crippen molar-refractivity contribution in [1.29, 1.82) is 0 Å². The second kappa shape index (κ2) is 5.89. The van der Waals surface area contributed by atoms with Crippen molar-refractivity contribution >= 4 is 10.8 Å². The number of hydrogen-bond donors (Lipinski definition) is 1. The summed E-state index contributed by atoms with van der Waals surface area (Å²) in [6.45, 7) is 0. The van der Waals surface area contributed by atoms with Crippen LogP contribution in [0.4, 0.5) is 8.78 Å². The summed E-state index contributed by atoms with van der Waals surface area (Å²) in [4.78, 5) is -0.00301. The molecule has 18 heavy (non-hydrogen) atoms. The van der Waals surface area contributed by atoms with E-state index >= 15 is 0 Å². The van der Waals surface area contributed by atoms with Crippen molar-refractivity contribution in [3.63, 3.8) is 0 Å². The largest absolute Gasteiger partial charge is 0.317 e. The molecule has 1 N–H and O–H groups in total. The van der Waals surface area contributed by atoms with Gasteiger partial charge >= 0.3 is 0 Å². The standard InChI is InChI=1S/C13H17F2NOS/c1-16-10-3-2-4-11(8-10)18(17)13-7-9(14)5-6-12(13)15/h5-7,10-11,16H,2-4,8H2,1H3. The SMILES string of the molecule is CNC1CCCC(S(=O)c2cc(F)ccc2F)C1. The monoisotopic (exact) mass is 273 g/mol. The van der Waals surface area contributed by atoms with Crippen LogP contribution in [0.1, 0.15) is 25.7 Å². The molecule has 0 saturated heterocycles. The predicted molar refractivity (Wildman–Crippen MR) is 67.9 cm³/mol. The first kappa shape index (κ1) is 13.6. The number of rotatable bonds is 3. The quantitative estimate of drug-likeness (QED) is 0.917. The number of halogens is 2. The van der Waals surface area contributed by atoms with Gasteiger partial charge < -0.3 is 5.32 Å². The third-order valence-electron chi connectivity index (χ3n) is 3.45. The van der Waals surface area contributed by atoms with Gasteiger partial charge in [0.15, 0.2) is 0 Å². The predicted octanol–water partition coefficient (Wildman–Crippen LogP) is 2.60. The zero-order chi connectivity index (χ0) is 13.1. The molecule has 1 aliphatic rings. The van der Waals surface area contributed by atoms with Gasteiger partial charge in [0.05, 0.1) is 15.7 Å². The van der Waals surface area contributed by atoms with Crippen LogP contribution in [0.2, 0.25) is 0 Å². The Bertz CT molecular complexity index is 453. The van der Waals surface area contributed by atoms with Crippen LogP contribution < -0.4 is 5.32 Å². The lowest BCUT2D eigenvalue weighted by Crippen LogP contribution is -2.35. The first-order valence-electron chi connectivity index (χ1n) is 6.14. The maximum atomic E-state index is 13.6. The van der Waals surface area contributed by atoms with Gasteiger partial charge in [0.2, 0.25) is 0 Å². The van der Waals surface area contributed by atoms with E-state index in [0.29, 0.717) is 6.04 Å². The van der Waals surface area contributed by atoms with E-state index in [1.54, 1.807) is 0 Å². The molecule has 0 bridgehead atoms. The van der Waals surface area contributed by atoms with Crippen molar-refractivity contribution in [3.05, 3.63) is 29.8 Å². The number of benzene rings is 1. The molecule has 1 saturated carbocycles. The van der Waals surface area contributed by atoms with Gasteiger partial charge in [-0.3, -0.25) is 4.21 Å². The summed E-state index contributed by atoms with van der Waals surface area (Å²) in [6, 6.07) is 3.46. The van der Waals surface area contributed by atoms with E-state index in [1.807, 2.05) is 7.05 Å². The molecule has 2 rings (SSSR count). The summed E-state index contributed by atoms with van der Waals surface area (Å²) in [5, 5.41) is 3.07. The second-order valence-electron chi connectivity index (χ2n) is 4.65. The molecule has 5 heteroatoms. The molecular weight excluding hydrogens is 256 g/mol. The van der Waals surface area contributed by atoms with Crippen molar-refractivity contribution < 1.29 is 13.0 Å². The van der Waals surface area contributed by atoms with E-state index in [0.717, 1.165) is 43.9 Å². The summed E-state index contributed by atoms with van der Waals surface area (Å²) in [5.41, 5.74) is 0. The third-order valence-corrected chi connectivity index (χ3v) is 5.23. The fraction of sp³-hybridized carbons (Fsp3) is 0.538. The lowest BCUT2D eigenvalue weighted by atomic mass is 9.95. The minimum absolute atomic E-state index is 0.00301. The molecule has 0 aromatic heterocycles. The van der Waals surface area contributed by atoms with E-state index in [-0.39, 0.29) is 10.1 Å². The lowest BCUT2D eigenvalue weighted by Gasteiger charge is -2.28. The van der Waals surface area contributed by atoms with E-state index in [2.05, 4.69) is 5.32 Å². The molecule has 100 valence electrons. The van der Waals surface area contributed by atoms with Crippen molar-refractivity contribution in [2.75, 3.05) is 7.05 Å². The normalized spacial score (nSPS) is 25.9. The van der Waals surface area contributed by atoms with Crippen LogP contribution in [-0.4, -0.2) is 22.5 Å². The zero-order valence-corrected chi connectivity index (χ0v) is 11.1. The van der Waals surface area contributed by atoms with Gasteiger partial charge in [-0.05, 0) is 44.5 Å². The molecule has 1 aliphatic carbocycles. The molecule has 0 spiro atoms. The Labute approximate surface area is 108 Å². The summed E-state index contributed by atoms with van der Waals surface area (Å²) in [6.07, 6.45) is 3.58. The van der Waals surface area contributed by atoms with Crippen LogP contribution in [0.15, 0.2) is 23.1 Å².